The normalized spacial score (nSPS) is 39.4. The van der Waals surface area contributed by atoms with Crippen molar-refractivity contribution in [3.63, 3.8) is 0 Å². The molecule has 2 aliphatic rings. The van der Waals surface area contributed by atoms with Crippen molar-refractivity contribution in [3.8, 4) is 5.75 Å². The number of likely N-dealkylation sites (N-methyl/N-ethyl adjacent to an activating group) is 1. The summed E-state index contributed by atoms with van der Waals surface area (Å²) in [6.07, 6.45) is -7.68. The number of thiophene rings is 1. The summed E-state index contributed by atoms with van der Waals surface area (Å²) in [5, 5.41) is 51.5. The van der Waals surface area contributed by atoms with Gasteiger partial charge in [0.1, 0.15) is 33.6 Å². The molecule has 16 heteroatoms. The van der Waals surface area contributed by atoms with Crippen molar-refractivity contribution < 1.29 is 57.0 Å². The number of aliphatic hydroxyl groups excluding tert-OH is 2. The molecule has 0 radical (unpaired) electrons. The fourth-order valence-electron chi connectivity index (χ4n) is 7.72. The number of hydrogen-bond acceptors (Lipinski definition) is 13. The van der Waals surface area contributed by atoms with E-state index >= 15 is 0 Å². The molecule has 14 atom stereocenters. The van der Waals surface area contributed by atoms with Crippen LogP contribution in [0.4, 0.5) is 4.39 Å². The van der Waals surface area contributed by atoms with Crippen LogP contribution in [0.3, 0.4) is 0 Å². The van der Waals surface area contributed by atoms with E-state index in [9.17, 15) is 38.0 Å². The van der Waals surface area contributed by atoms with Gasteiger partial charge in [0.2, 0.25) is 0 Å². The Morgan fingerprint density at radius 1 is 1.07 bits per heavy atom. The average molecular weight is 803 g/mol. The summed E-state index contributed by atoms with van der Waals surface area (Å²) < 4.78 is 68.2. The van der Waals surface area contributed by atoms with Crippen LogP contribution in [-0.2, 0) is 29.0 Å². The number of benzene rings is 1. The molecule has 306 valence electrons. The van der Waals surface area contributed by atoms with Crippen LogP contribution in [0.2, 0.25) is 0 Å². The summed E-state index contributed by atoms with van der Waals surface area (Å²) in [6.45, 7) is 13.4. The first kappa shape index (κ1) is 44.5. The quantitative estimate of drug-likeness (QED) is 0.245. The van der Waals surface area contributed by atoms with Crippen molar-refractivity contribution in [1.82, 2.24) is 9.62 Å². The topological polar surface area (TPSA) is 184 Å². The van der Waals surface area contributed by atoms with Gasteiger partial charge in [-0.25, -0.2) is 12.8 Å². The van der Waals surface area contributed by atoms with E-state index in [2.05, 4.69) is 5.32 Å². The third kappa shape index (κ3) is 10.00. The summed E-state index contributed by atoms with van der Waals surface area (Å²) in [7, 11) is -2.57. The molecule has 2 saturated heterocycles. The van der Waals surface area contributed by atoms with Crippen molar-refractivity contribution in [2.45, 2.75) is 145 Å². The number of carbonyl (C=O) groups is 1. The highest BCUT2D eigenvalue weighted by Crippen LogP contribution is 2.38. The molecule has 2 aromatic rings. The number of sulfonamides is 1. The summed E-state index contributed by atoms with van der Waals surface area (Å²) in [4.78, 5) is 13.6. The minimum absolute atomic E-state index is 0.110. The fourth-order valence-corrected chi connectivity index (χ4v) is 10.3. The second-order valence-corrected chi connectivity index (χ2v) is 18.8. The Bertz CT molecular complexity index is 1610. The van der Waals surface area contributed by atoms with E-state index in [-0.39, 0.29) is 35.1 Å². The van der Waals surface area contributed by atoms with Gasteiger partial charge >= 0.3 is 5.97 Å². The maximum atomic E-state index is 13.9. The standard InChI is InChI=1S/C38H59FN2O11S2/c1-10-29-38(8,46)33(43)25(6)40-20-21(2)19-37(7,45)34(23(4)31(42)24(5)35(44)51-29)52-36-32(50-27-15-13-26(39)14-16-27)28(18-22(3)49-36)41(9)54(47,48)30-12-11-17-53-30/h11-17,21-25,28-29,31-34,36,40,42-43,45-46H,10,18-20H2,1-9H3/t21-,22-,23+,24-,25-,28+,29-,31+,32-,33-,34-,36+,37-,38-/m1/s1. The van der Waals surface area contributed by atoms with Crippen molar-refractivity contribution in [1.29, 1.82) is 0 Å². The first-order chi connectivity index (χ1) is 25.1. The Kier molecular flexibility index (Phi) is 14.7. The number of ether oxygens (including phenoxy) is 4. The van der Waals surface area contributed by atoms with Crippen LogP contribution in [0.25, 0.3) is 0 Å². The van der Waals surface area contributed by atoms with Crippen molar-refractivity contribution in [2.24, 2.45) is 17.8 Å². The van der Waals surface area contributed by atoms with Crippen LogP contribution < -0.4 is 10.1 Å². The lowest BCUT2D eigenvalue weighted by atomic mass is 9.78. The van der Waals surface area contributed by atoms with Gasteiger partial charge in [0.15, 0.2) is 12.4 Å². The van der Waals surface area contributed by atoms with E-state index in [1.54, 1.807) is 46.1 Å². The Morgan fingerprint density at radius 3 is 2.31 bits per heavy atom. The van der Waals surface area contributed by atoms with Gasteiger partial charge in [-0.15, -0.1) is 11.3 Å². The number of aliphatic hydroxyl groups is 4. The lowest BCUT2D eigenvalue weighted by Gasteiger charge is -2.47. The third-order valence-electron chi connectivity index (χ3n) is 11.0. The number of cyclic esters (lactones) is 1. The maximum Gasteiger partial charge on any atom is 0.311 e. The molecule has 13 nitrogen and oxygen atoms in total. The van der Waals surface area contributed by atoms with Gasteiger partial charge in [-0.3, -0.25) is 4.79 Å². The predicted molar refractivity (Wildman–Crippen MR) is 201 cm³/mol. The number of esters is 1. The van der Waals surface area contributed by atoms with Gasteiger partial charge in [0.25, 0.3) is 10.0 Å². The summed E-state index contributed by atoms with van der Waals surface area (Å²) in [6, 6.07) is 6.87. The van der Waals surface area contributed by atoms with Gasteiger partial charge in [-0.1, -0.05) is 26.8 Å². The number of nitrogens with one attached hydrogen (secondary N) is 1. The van der Waals surface area contributed by atoms with Crippen molar-refractivity contribution in [3.05, 3.63) is 47.6 Å². The number of halogens is 1. The van der Waals surface area contributed by atoms with Crippen LogP contribution in [0, 0.1) is 23.6 Å². The first-order valence-electron chi connectivity index (χ1n) is 18.6. The molecule has 1 aromatic carbocycles. The van der Waals surface area contributed by atoms with E-state index in [0.717, 1.165) is 11.3 Å². The molecular weight excluding hydrogens is 744 g/mol. The van der Waals surface area contributed by atoms with Crippen molar-refractivity contribution >= 4 is 27.3 Å². The molecule has 5 N–H and O–H groups in total. The number of carbonyl (C=O) groups excluding carboxylic acids is 1. The number of rotatable bonds is 8. The Balaban J connectivity index is 1.77. The van der Waals surface area contributed by atoms with E-state index < -0.39 is 99.8 Å². The van der Waals surface area contributed by atoms with E-state index in [1.807, 2.05) is 6.92 Å². The Morgan fingerprint density at radius 2 is 1.72 bits per heavy atom. The monoisotopic (exact) mass is 802 g/mol. The van der Waals surface area contributed by atoms with Gasteiger partial charge in [0.05, 0.1) is 35.9 Å². The predicted octanol–water partition coefficient (Wildman–Crippen LogP) is 3.68. The zero-order valence-electron chi connectivity index (χ0n) is 32.6. The van der Waals surface area contributed by atoms with E-state index in [1.165, 1.54) is 55.5 Å². The Hall–Kier alpha value is -2.25. The molecule has 0 amide bonds. The van der Waals surface area contributed by atoms with E-state index in [0.29, 0.717) is 6.54 Å². The van der Waals surface area contributed by atoms with Crippen LogP contribution in [0.5, 0.6) is 5.75 Å². The zero-order valence-corrected chi connectivity index (χ0v) is 34.2. The fraction of sp³-hybridized carbons (Fsp3) is 0.711. The third-order valence-corrected chi connectivity index (χ3v) is 14.2. The largest absolute Gasteiger partial charge is 0.483 e. The molecule has 0 unspecified atom stereocenters. The molecule has 2 aliphatic heterocycles. The van der Waals surface area contributed by atoms with Crippen LogP contribution in [-0.4, -0.2) is 119 Å². The molecule has 2 fully saturated rings. The highest BCUT2D eigenvalue weighted by Gasteiger charge is 2.51. The average Bonchev–Trinajstić information content (AvgIpc) is 3.67. The molecule has 0 spiro atoms. The van der Waals surface area contributed by atoms with Crippen molar-refractivity contribution in [2.75, 3.05) is 13.6 Å². The smallest absolute Gasteiger partial charge is 0.311 e. The highest BCUT2D eigenvalue weighted by molar-refractivity contribution is 7.91. The molecule has 0 saturated carbocycles. The summed E-state index contributed by atoms with van der Waals surface area (Å²) in [5.41, 5.74) is -3.53. The molecule has 3 heterocycles. The van der Waals surface area contributed by atoms with Gasteiger partial charge < -0.3 is 44.7 Å². The molecule has 0 aliphatic carbocycles. The van der Waals surface area contributed by atoms with Gasteiger partial charge in [-0.2, -0.15) is 4.31 Å². The Labute approximate surface area is 322 Å². The minimum atomic E-state index is -4.01. The molecular formula is C38H59FN2O11S2. The number of hydrogen-bond donors (Lipinski definition) is 5. The van der Waals surface area contributed by atoms with Gasteiger partial charge in [-0.05, 0) is 102 Å². The second-order valence-electron chi connectivity index (χ2n) is 15.7. The molecule has 1 aromatic heterocycles. The summed E-state index contributed by atoms with van der Waals surface area (Å²) >= 11 is 1.07. The molecule has 4 rings (SSSR count). The summed E-state index contributed by atoms with van der Waals surface area (Å²) in [5.74, 6) is -3.48. The number of nitrogens with zero attached hydrogens (tertiary/aromatic N) is 1. The van der Waals surface area contributed by atoms with E-state index in [4.69, 9.17) is 18.9 Å². The van der Waals surface area contributed by atoms with Gasteiger partial charge in [0, 0.05) is 19.0 Å². The lowest BCUT2D eigenvalue weighted by molar-refractivity contribution is -0.293. The molecule has 0 bridgehead atoms. The van der Waals surface area contributed by atoms with Crippen LogP contribution in [0.1, 0.15) is 74.7 Å². The lowest BCUT2D eigenvalue weighted by Crippen LogP contribution is -2.61. The highest BCUT2D eigenvalue weighted by atomic mass is 32.2. The van der Waals surface area contributed by atoms with Crippen LogP contribution >= 0.6 is 11.3 Å². The van der Waals surface area contributed by atoms with Crippen LogP contribution in [0.15, 0.2) is 46.0 Å². The molecule has 54 heavy (non-hydrogen) atoms. The second kappa shape index (κ2) is 17.9. The zero-order chi connectivity index (χ0) is 40.3. The first-order valence-corrected chi connectivity index (χ1v) is 20.9. The minimum Gasteiger partial charge on any atom is -0.483 e. The SMILES string of the molecule is CC[C@H]1OC(=O)[C@H](C)[C@@H](O)[C@H](C)[C@@H](O[C@@H]2O[C@H](C)C[C@H](N(C)S(=O)(=O)c3cccs3)[C@H]2Oc2ccc(F)cc2)[C@](C)(O)C[C@@H](C)CN[C@H](C)[C@@H](O)[C@]1(C)O. The maximum absolute atomic E-state index is 13.9.